The van der Waals surface area contributed by atoms with Gasteiger partial charge in [-0.2, -0.15) is 0 Å². The van der Waals surface area contributed by atoms with Crippen LogP contribution in [0, 0.1) is 13.8 Å². The monoisotopic (exact) mass is 240 g/mol. The van der Waals surface area contributed by atoms with Gasteiger partial charge in [-0.25, -0.2) is 0 Å². The first-order chi connectivity index (χ1) is 8.66. The Balaban J connectivity index is 2.01. The summed E-state index contributed by atoms with van der Waals surface area (Å²) in [6, 6.07) is 15.2. The van der Waals surface area contributed by atoms with Crippen LogP contribution in [0.25, 0.3) is 0 Å². The van der Waals surface area contributed by atoms with E-state index in [1.54, 1.807) is 0 Å². The van der Waals surface area contributed by atoms with Crippen molar-refractivity contribution in [2.75, 3.05) is 6.61 Å². The van der Waals surface area contributed by atoms with E-state index in [-0.39, 0.29) is 12.4 Å². The maximum atomic E-state index is 12.0. The van der Waals surface area contributed by atoms with Gasteiger partial charge < -0.3 is 4.74 Å². The number of ketones is 1. The quantitative estimate of drug-likeness (QED) is 0.764. The van der Waals surface area contributed by atoms with E-state index in [1.165, 1.54) is 5.56 Å². The van der Waals surface area contributed by atoms with Crippen LogP contribution >= 0.6 is 0 Å². The van der Waals surface area contributed by atoms with Gasteiger partial charge in [0.05, 0.1) is 0 Å². The second-order valence-electron chi connectivity index (χ2n) is 4.34. The molecule has 2 aromatic carbocycles. The molecule has 0 radical (unpaired) electrons. The van der Waals surface area contributed by atoms with E-state index in [1.807, 2.05) is 62.4 Å². The average molecular weight is 240 g/mol. The highest BCUT2D eigenvalue weighted by Gasteiger charge is 2.08. The van der Waals surface area contributed by atoms with Gasteiger partial charge >= 0.3 is 0 Å². The van der Waals surface area contributed by atoms with Crippen LogP contribution in [-0.4, -0.2) is 12.4 Å². The molecule has 18 heavy (non-hydrogen) atoms. The first-order valence-corrected chi connectivity index (χ1v) is 5.95. The summed E-state index contributed by atoms with van der Waals surface area (Å²) in [4.78, 5) is 12.0. The fourth-order valence-electron chi connectivity index (χ4n) is 1.75. The predicted molar refractivity (Wildman–Crippen MR) is 72.2 cm³/mol. The molecule has 0 N–H and O–H groups in total. The van der Waals surface area contributed by atoms with E-state index in [0.717, 1.165) is 16.9 Å². The highest BCUT2D eigenvalue weighted by atomic mass is 16.5. The molecule has 0 saturated heterocycles. The molecule has 0 fully saturated rings. The molecule has 2 nitrogen and oxygen atoms in total. The number of Topliss-reactive ketones (excluding diaryl/α,β-unsaturated/α-hetero) is 1. The summed E-state index contributed by atoms with van der Waals surface area (Å²) in [7, 11) is 0. The highest BCUT2D eigenvalue weighted by molar-refractivity contribution is 5.98. The molecule has 0 bridgehead atoms. The Labute approximate surface area is 107 Å². The molecule has 2 heteroatoms. The van der Waals surface area contributed by atoms with Crippen molar-refractivity contribution in [3.63, 3.8) is 0 Å². The molecular weight excluding hydrogens is 224 g/mol. The maximum absolute atomic E-state index is 12.0. The molecule has 0 saturated carbocycles. The second-order valence-corrected chi connectivity index (χ2v) is 4.34. The lowest BCUT2D eigenvalue weighted by molar-refractivity contribution is 0.0921. The number of aryl methyl sites for hydroxylation is 2. The van der Waals surface area contributed by atoms with Crippen molar-refractivity contribution < 1.29 is 9.53 Å². The number of carbonyl (C=O) groups excluding carboxylic acids is 1. The third kappa shape index (κ3) is 2.98. The van der Waals surface area contributed by atoms with E-state index in [9.17, 15) is 4.79 Å². The van der Waals surface area contributed by atoms with Crippen molar-refractivity contribution in [3.8, 4) is 5.75 Å². The summed E-state index contributed by atoms with van der Waals surface area (Å²) in [5.41, 5.74) is 2.88. The number of hydrogen-bond acceptors (Lipinski definition) is 2. The van der Waals surface area contributed by atoms with Gasteiger partial charge in [0, 0.05) is 5.56 Å². The van der Waals surface area contributed by atoms with Crippen LogP contribution < -0.4 is 4.74 Å². The Morgan fingerprint density at radius 3 is 2.33 bits per heavy atom. The molecule has 0 amide bonds. The Morgan fingerprint density at radius 1 is 1.00 bits per heavy atom. The van der Waals surface area contributed by atoms with Crippen LogP contribution in [0.3, 0.4) is 0 Å². The predicted octanol–water partition coefficient (Wildman–Crippen LogP) is 3.57. The topological polar surface area (TPSA) is 26.3 Å². The minimum atomic E-state index is 0.00803. The molecule has 92 valence electrons. The van der Waals surface area contributed by atoms with Gasteiger partial charge in [0.2, 0.25) is 0 Å². The molecule has 0 aliphatic heterocycles. The first-order valence-electron chi connectivity index (χ1n) is 5.95. The van der Waals surface area contributed by atoms with Gasteiger partial charge in [-0.3, -0.25) is 4.79 Å². The van der Waals surface area contributed by atoms with Crippen molar-refractivity contribution in [3.05, 3.63) is 65.2 Å². The van der Waals surface area contributed by atoms with Crippen molar-refractivity contribution in [2.24, 2.45) is 0 Å². The smallest absolute Gasteiger partial charge is 0.200 e. The van der Waals surface area contributed by atoms with Crippen LogP contribution in [0.15, 0.2) is 48.5 Å². The van der Waals surface area contributed by atoms with Crippen LogP contribution in [0.4, 0.5) is 0 Å². The lowest BCUT2D eigenvalue weighted by atomic mass is 10.1. The zero-order valence-corrected chi connectivity index (χ0v) is 10.6. The van der Waals surface area contributed by atoms with E-state index < -0.39 is 0 Å². The second kappa shape index (κ2) is 5.50. The lowest BCUT2D eigenvalue weighted by Crippen LogP contribution is -2.12. The lowest BCUT2D eigenvalue weighted by Gasteiger charge is -2.07. The molecular formula is C16H16O2. The van der Waals surface area contributed by atoms with Crippen LogP contribution in [0.2, 0.25) is 0 Å². The Hall–Kier alpha value is -2.09. The van der Waals surface area contributed by atoms with Crippen LogP contribution in [0.1, 0.15) is 21.5 Å². The molecule has 0 aliphatic carbocycles. The third-order valence-electron chi connectivity index (χ3n) is 2.84. The summed E-state index contributed by atoms with van der Waals surface area (Å²) >= 11 is 0. The summed E-state index contributed by atoms with van der Waals surface area (Å²) in [6.07, 6.45) is 0. The molecule has 2 aromatic rings. The van der Waals surface area contributed by atoms with Gasteiger partial charge in [-0.05, 0) is 31.5 Å². The fourth-order valence-corrected chi connectivity index (χ4v) is 1.75. The minimum Gasteiger partial charge on any atom is -0.485 e. The normalized spacial score (nSPS) is 10.1. The van der Waals surface area contributed by atoms with Gasteiger partial charge in [-0.1, -0.05) is 42.0 Å². The molecule has 0 spiro atoms. The molecule has 0 heterocycles. The SMILES string of the molecule is Cc1ccc(OCC(=O)c2ccccc2C)cc1. The van der Waals surface area contributed by atoms with Gasteiger partial charge in [0.15, 0.2) is 12.4 Å². The first kappa shape index (κ1) is 12.4. The summed E-state index contributed by atoms with van der Waals surface area (Å²) in [5, 5.41) is 0. The number of carbonyl (C=O) groups is 1. The zero-order valence-electron chi connectivity index (χ0n) is 10.6. The molecule has 0 atom stereocenters. The summed E-state index contributed by atoms with van der Waals surface area (Å²) in [5.74, 6) is 0.733. The third-order valence-corrected chi connectivity index (χ3v) is 2.84. The van der Waals surface area contributed by atoms with Crippen molar-refractivity contribution >= 4 is 5.78 Å². The van der Waals surface area contributed by atoms with E-state index in [2.05, 4.69) is 0 Å². The van der Waals surface area contributed by atoms with Gasteiger partial charge in [-0.15, -0.1) is 0 Å². The van der Waals surface area contributed by atoms with E-state index in [0.29, 0.717) is 0 Å². The number of rotatable bonds is 4. The Kier molecular flexibility index (Phi) is 3.78. The van der Waals surface area contributed by atoms with Crippen molar-refractivity contribution in [1.29, 1.82) is 0 Å². The average Bonchev–Trinajstić information content (AvgIpc) is 2.38. The standard InChI is InChI=1S/C16H16O2/c1-12-7-9-14(10-8-12)18-11-16(17)15-6-4-3-5-13(15)2/h3-10H,11H2,1-2H3. The maximum Gasteiger partial charge on any atom is 0.200 e. The largest absolute Gasteiger partial charge is 0.485 e. The highest BCUT2D eigenvalue weighted by Crippen LogP contribution is 2.13. The number of ether oxygens (including phenoxy) is 1. The van der Waals surface area contributed by atoms with Gasteiger partial charge in [0.1, 0.15) is 5.75 Å². The molecule has 0 aromatic heterocycles. The Bertz CT molecular complexity index is 541. The Morgan fingerprint density at radius 2 is 1.67 bits per heavy atom. The van der Waals surface area contributed by atoms with Crippen molar-refractivity contribution in [2.45, 2.75) is 13.8 Å². The summed E-state index contributed by atoms with van der Waals surface area (Å²) < 4.78 is 5.48. The summed E-state index contributed by atoms with van der Waals surface area (Å²) in [6.45, 7) is 4.02. The zero-order chi connectivity index (χ0) is 13.0. The molecule has 0 unspecified atom stereocenters. The van der Waals surface area contributed by atoms with Gasteiger partial charge in [0.25, 0.3) is 0 Å². The minimum absolute atomic E-state index is 0.00803. The fraction of sp³-hybridized carbons (Fsp3) is 0.188. The number of hydrogen-bond donors (Lipinski definition) is 0. The van der Waals surface area contributed by atoms with Crippen molar-refractivity contribution in [1.82, 2.24) is 0 Å². The van der Waals surface area contributed by atoms with Crippen LogP contribution in [0.5, 0.6) is 5.75 Å². The van der Waals surface area contributed by atoms with Crippen LogP contribution in [-0.2, 0) is 0 Å². The van der Waals surface area contributed by atoms with E-state index >= 15 is 0 Å². The number of benzene rings is 2. The van der Waals surface area contributed by atoms with E-state index in [4.69, 9.17) is 4.74 Å². The molecule has 2 rings (SSSR count). The molecule has 0 aliphatic rings.